The van der Waals surface area contributed by atoms with Crippen LogP contribution in [-0.2, 0) is 19.8 Å². The summed E-state index contributed by atoms with van der Waals surface area (Å²) in [6.45, 7) is 0.0476. The van der Waals surface area contributed by atoms with E-state index in [0.29, 0.717) is 24.1 Å². The van der Waals surface area contributed by atoms with Crippen molar-refractivity contribution in [2.75, 3.05) is 25.0 Å². The average Bonchev–Trinajstić information content (AvgIpc) is 3.25. The fraction of sp³-hybridized carbons (Fsp3) is 0.400. The van der Waals surface area contributed by atoms with Gasteiger partial charge in [-0.3, -0.25) is 14.4 Å². The van der Waals surface area contributed by atoms with Gasteiger partial charge >= 0.3 is 5.97 Å². The van der Waals surface area contributed by atoms with Crippen LogP contribution < -0.4 is 4.90 Å². The Hall–Kier alpha value is -2.37. The van der Waals surface area contributed by atoms with Crippen LogP contribution in [0.4, 0.5) is 5.69 Å². The molecule has 0 radical (unpaired) electrons. The summed E-state index contributed by atoms with van der Waals surface area (Å²) in [5.74, 6) is -1.12. The lowest BCUT2D eigenvalue weighted by atomic mass is 9.95. The Morgan fingerprint density at radius 3 is 2.52 bits per heavy atom. The maximum absolute atomic E-state index is 12.1. The molecule has 2 fully saturated rings. The smallest absolute Gasteiger partial charge is 0.314 e. The van der Waals surface area contributed by atoms with E-state index in [1.807, 2.05) is 0 Å². The Morgan fingerprint density at radius 1 is 1.19 bits per heavy atom. The third kappa shape index (κ3) is 2.16. The number of aliphatic carboxylic acids is 1. The van der Waals surface area contributed by atoms with E-state index < -0.39 is 11.4 Å². The highest BCUT2D eigenvalue weighted by atomic mass is 16.4. The number of piperazine rings is 1. The summed E-state index contributed by atoms with van der Waals surface area (Å²) in [6.07, 6.45) is 1.23. The van der Waals surface area contributed by atoms with Gasteiger partial charge in [0.15, 0.2) is 0 Å². The van der Waals surface area contributed by atoms with Gasteiger partial charge in [-0.15, -0.1) is 0 Å². The van der Waals surface area contributed by atoms with Crippen molar-refractivity contribution in [2.24, 2.45) is 0 Å². The number of carboxylic acid groups (broad SMARTS) is 1. The van der Waals surface area contributed by atoms with Crippen molar-refractivity contribution in [3.63, 3.8) is 0 Å². The molecule has 1 saturated heterocycles. The SMILES string of the molecule is CN1CC(=O)N(c2cccc(C3(C(=O)O)CC3)c2)CC1=O. The average molecular weight is 288 g/mol. The molecule has 1 aliphatic heterocycles. The van der Waals surface area contributed by atoms with E-state index in [1.165, 1.54) is 9.80 Å². The summed E-state index contributed by atoms with van der Waals surface area (Å²) in [4.78, 5) is 38.0. The van der Waals surface area contributed by atoms with E-state index >= 15 is 0 Å². The van der Waals surface area contributed by atoms with Gasteiger partial charge in [0.2, 0.25) is 11.8 Å². The van der Waals surface area contributed by atoms with Crippen LogP contribution >= 0.6 is 0 Å². The predicted molar refractivity (Wildman–Crippen MR) is 75.0 cm³/mol. The number of carbonyl (C=O) groups is 3. The topological polar surface area (TPSA) is 77.9 Å². The first kappa shape index (κ1) is 13.6. The van der Waals surface area contributed by atoms with E-state index in [2.05, 4.69) is 0 Å². The number of nitrogens with zero attached hydrogens (tertiary/aromatic N) is 2. The molecule has 0 spiro atoms. The van der Waals surface area contributed by atoms with Crippen molar-refractivity contribution < 1.29 is 19.5 Å². The summed E-state index contributed by atoms with van der Waals surface area (Å²) in [7, 11) is 1.59. The minimum absolute atomic E-state index is 0.00113. The highest BCUT2D eigenvalue weighted by Crippen LogP contribution is 2.49. The summed E-state index contributed by atoms with van der Waals surface area (Å²) < 4.78 is 0. The lowest BCUT2D eigenvalue weighted by Gasteiger charge is -2.32. The molecular formula is C15H16N2O4. The van der Waals surface area contributed by atoms with Gasteiger partial charge < -0.3 is 14.9 Å². The second-order valence-corrected chi connectivity index (χ2v) is 5.67. The zero-order valence-electron chi connectivity index (χ0n) is 11.7. The Balaban J connectivity index is 1.92. The van der Waals surface area contributed by atoms with Crippen molar-refractivity contribution in [1.82, 2.24) is 4.90 Å². The molecule has 1 aromatic carbocycles. The minimum Gasteiger partial charge on any atom is -0.481 e. The lowest BCUT2D eigenvalue weighted by molar-refractivity contribution is -0.140. The molecule has 110 valence electrons. The van der Waals surface area contributed by atoms with Gasteiger partial charge in [0.05, 0.1) is 12.0 Å². The standard InChI is InChI=1S/C15H16N2O4/c1-16-8-13(19)17(9-12(16)18)11-4-2-3-10(7-11)15(5-6-15)14(20)21/h2-4,7H,5-6,8-9H2,1H3,(H,20,21). The molecule has 1 saturated carbocycles. The predicted octanol–water partition coefficient (Wildman–Crippen LogP) is 0.608. The van der Waals surface area contributed by atoms with E-state index in [0.717, 1.165) is 0 Å². The third-order valence-electron chi connectivity index (χ3n) is 4.26. The minimum atomic E-state index is -0.833. The maximum Gasteiger partial charge on any atom is 0.314 e. The van der Waals surface area contributed by atoms with Crippen molar-refractivity contribution >= 4 is 23.5 Å². The number of rotatable bonds is 3. The fourth-order valence-electron chi connectivity index (χ4n) is 2.68. The molecular weight excluding hydrogens is 272 g/mol. The Morgan fingerprint density at radius 2 is 1.90 bits per heavy atom. The first-order chi connectivity index (χ1) is 9.94. The highest BCUT2D eigenvalue weighted by Gasteiger charge is 2.51. The van der Waals surface area contributed by atoms with Gasteiger partial charge in [-0.25, -0.2) is 0 Å². The molecule has 21 heavy (non-hydrogen) atoms. The van der Waals surface area contributed by atoms with Gasteiger partial charge in [-0.1, -0.05) is 12.1 Å². The third-order valence-corrected chi connectivity index (χ3v) is 4.26. The highest BCUT2D eigenvalue weighted by molar-refractivity contribution is 6.04. The molecule has 6 nitrogen and oxygen atoms in total. The number of benzene rings is 1. The molecule has 1 aromatic rings. The zero-order chi connectivity index (χ0) is 15.2. The summed E-state index contributed by atoms with van der Waals surface area (Å²) in [6, 6.07) is 6.96. The molecule has 1 N–H and O–H groups in total. The number of anilines is 1. The number of carbonyl (C=O) groups excluding carboxylic acids is 2. The Kier molecular flexibility index (Phi) is 2.97. The Bertz CT molecular complexity index is 636. The summed E-state index contributed by atoms with van der Waals surface area (Å²) in [5, 5.41) is 9.35. The maximum atomic E-state index is 12.1. The van der Waals surface area contributed by atoms with Crippen LogP contribution in [0.15, 0.2) is 24.3 Å². The second-order valence-electron chi connectivity index (χ2n) is 5.67. The van der Waals surface area contributed by atoms with Gasteiger partial charge in [-0.2, -0.15) is 0 Å². The van der Waals surface area contributed by atoms with Gasteiger partial charge in [0.25, 0.3) is 0 Å². The monoisotopic (exact) mass is 288 g/mol. The molecule has 0 bridgehead atoms. The molecule has 3 rings (SSSR count). The van der Waals surface area contributed by atoms with Crippen LogP contribution in [-0.4, -0.2) is 47.9 Å². The van der Waals surface area contributed by atoms with E-state index in [4.69, 9.17) is 0 Å². The largest absolute Gasteiger partial charge is 0.481 e. The van der Waals surface area contributed by atoms with Crippen molar-refractivity contribution in [2.45, 2.75) is 18.3 Å². The van der Waals surface area contributed by atoms with Gasteiger partial charge in [0.1, 0.15) is 6.54 Å². The number of carboxylic acids is 1. The number of amides is 2. The van der Waals surface area contributed by atoms with Crippen LogP contribution in [0.2, 0.25) is 0 Å². The number of likely N-dealkylation sites (N-methyl/N-ethyl adjacent to an activating group) is 1. The molecule has 2 aliphatic rings. The molecule has 1 heterocycles. The van der Waals surface area contributed by atoms with E-state index in [-0.39, 0.29) is 24.9 Å². The zero-order valence-corrected chi connectivity index (χ0v) is 11.7. The fourth-order valence-corrected chi connectivity index (χ4v) is 2.68. The molecule has 0 unspecified atom stereocenters. The normalized spacial score (nSPS) is 20.6. The van der Waals surface area contributed by atoms with Crippen LogP contribution in [0.1, 0.15) is 18.4 Å². The van der Waals surface area contributed by atoms with Gasteiger partial charge in [-0.05, 0) is 30.5 Å². The van der Waals surface area contributed by atoms with E-state index in [9.17, 15) is 19.5 Å². The summed E-state index contributed by atoms with van der Waals surface area (Å²) in [5.41, 5.74) is 0.480. The quantitative estimate of drug-likeness (QED) is 0.884. The van der Waals surface area contributed by atoms with Crippen LogP contribution in [0.25, 0.3) is 0 Å². The number of hydrogen-bond donors (Lipinski definition) is 1. The van der Waals surface area contributed by atoms with Crippen molar-refractivity contribution in [1.29, 1.82) is 0 Å². The van der Waals surface area contributed by atoms with Crippen LogP contribution in [0.3, 0.4) is 0 Å². The van der Waals surface area contributed by atoms with Crippen molar-refractivity contribution in [3.05, 3.63) is 29.8 Å². The molecule has 2 amide bonds. The number of hydrogen-bond acceptors (Lipinski definition) is 3. The second kappa shape index (κ2) is 4.58. The molecule has 0 atom stereocenters. The first-order valence-electron chi connectivity index (χ1n) is 6.82. The van der Waals surface area contributed by atoms with E-state index in [1.54, 1.807) is 31.3 Å². The van der Waals surface area contributed by atoms with Crippen LogP contribution in [0, 0.1) is 0 Å². The summed E-state index contributed by atoms with van der Waals surface area (Å²) >= 11 is 0. The Labute approximate surface area is 122 Å². The van der Waals surface area contributed by atoms with Crippen LogP contribution in [0.5, 0.6) is 0 Å². The first-order valence-corrected chi connectivity index (χ1v) is 6.82. The molecule has 0 aromatic heterocycles. The molecule has 6 heteroatoms. The lowest BCUT2D eigenvalue weighted by Crippen LogP contribution is -2.52. The molecule has 1 aliphatic carbocycles. The van der Waals surface area contributed by atoms with Crippen molar-refractivity contribution in [3.8, 4) is 0 Å². The van der Waals surface area contributed by atoms with Gasteiger partial charge in [0, 0.05) is 12.7 Å².